The molecule has 1 aromatic rings. The van der Waals surface area contributed by atoms with Crippen LogP contribution in [-0.2, 0) is 0 Å². The highest BCUT2D eigenvalue weighted by Crippen LogP contribution is 2.24. The summed E-state index contributed by atoms with van der Waals surface area (Å²) in [6.45, 7) is 0. The molecule has 1 rings (SSSR count). The molecule has 4 heteroatoms. The Kier molecular flexibility index (Phi) is 3.51. The smallest absolute Gasteiger partial charge is 0.0859 e. The van der Waals surface area contributed by atoms with Crippen LogP contribution in [0.4, 0.5) is 0 Å². The van der Waals surface area contributed by atoms with E-state index in [4.69, 9.17) is 16.9 Å². The van der Waals surface area contributed by atoms with E-state index in [1.807, 2.05) is 0 Å². The van der Waals surface area contributed by atoms with E-state index >= 15 is 0 Å². The van der Waals surface area contributed by atoms with Gasteiger partial charge in [0.2, 0.25) is 0 Å². The van der Waals surface area contributed by atoms with Crippen molar-refractivity contribution in [2.75, 3.05) is 5.88 Å². The standard InChI is InChI=1S/C8H6BrClN2/c9-8-5-12-2-1-7(8)6(3-10)4-11/h1-2,5-6H,3H2. The third-order valence-corrected chi connectivity index (χ3v) is 2.46. The molecule has 0 bridgehead atoms. The van der Waals surface area contributed by atoms with Gasteiger partial charge in [0.25, 0.3) is 0 Å². The van der Waals surface area contributed by atoms with E-state index in [2.05, 4.69) is 27.0 Å². The van der Waals surface area contributed by atoms with E-state index < -0.39 is 0 Å². The topological polar surface area (TPSA) is 36.7 Å². The van der Waals surface area contributed by atoms with Crippen LogP contribution in [0.2, 0.25) is 0 Å². The maximum absolute atomic E-state index is 8.73. The number of rotatable bonds is 2. The molecule has 2 nitrogen and oxygen atoms in total. The van der Waals surface area contributed by atoms with Gasteiger partial charge in [0.1, 0.15) is 0 Å². The molecule has 62 valence electrons. The first-order valence-electron chi connectivity index (χ1n) is 3.34. The van der Waals surface area contributed by atoms with Crippen molar-refractivity contribution in [3.05, 3.63) is 28.5 Å². The molecule has 0 aliphatic rings. The van der Waals surface area contributed by atoms with Gasteiger partial charge in [-0.3, -0.25) is 4.98 Å². The van der Waals surface area contributed by atoms with Crippen molar-refractivity contribution < 1.29 is 0 Å². The number of hydrogen-bond donors (Lipinski definition) is 0. The molecule has 1 atom stereocenters. The predicted molar refractivity (Wildman–Crippen MR) is 51.0 cm³/mol. The van der Waals surface area contributed by atoms with Crippen molar-refractivity contribution in [2.24, 2.45) is 0 Å². The number of alkyl halides is 1. The summed E-state index contributed by atoms with van der Waals surface area (Å²) in [6, 6.07) is 3.91. The van der Waals surface area contributed by atoms with Crippen LogP contribution in [-0.4, -0.2) is 10.9 Å². The fourth-order valence-corrected chi connectivity index (χ4v) is 1.62. The maximum atomic E-state index is 8.73. The lowest BCUT2D eigenvalue weighted by Crippen LogP contribution is -1.98. The number of nitrogens with zero attached hydrogens (tertiary/aromatic N) is 2. The molecule has 0 amide bonds. The highest BCUT2D eigenvalue weighted by molar-refractivity contribution is 9.10. The van der Waals surface area contributed by atoms with Gasteiger partial charge in [0, 0.05) is 22.7 Å². The van der Waals surface area contributed by atoms with Crippen LogP contribution in [0.1, 0.15) is 11.5 Å². The van der Waals surface area contributed by atoms with Gasteiger partial charge in [-0.2, -0.15) is 5.26 Å². The molecule has 0 aliphatic heterocycles. The molecule has 0 aliphatic carbocycles. The number of nitriles is 1. The lowest BCUT2D eigenvalue weighted by molar-refractivity contribution is 0.974. The first kappa shape index (κ1) is 9.50. The Labute approximate surface area is 84.3 Å². The first-order chi connectivity index (χ1) is 5.79. The quantitative estimate of drug-likeness (QED) is 0.751. The van der Waals surface area contributed by atoms with Crippen molar-refractivity contribution in [3.63, 3.8) is 0 Å². The lowest BCUT2D eigenvalue weighted by atomic mass is 10.0. The van der Waals surface area contributed by atoms with Crippen LogP contribution < -0.4 is 0 Å². The second-order valence-electron chi connectivity index (χ2n) is 2.23. The SMILES string of the molecule is N#CC(CCl)c1ccncc1Br. The highest BCUT2D eigenvalue weighted by Gasteiger charge is 2.11. The van der Waals surface area contributed by atoms with E-state index in [1.54, 1.807) is 18.5 Å². The number of hydrogen-bond acceptors (Lipinski definition) is 2. The molecule has 1 unspecified atom stereocenters. The third kappa shape index (κ3) is 1.96. The van der Waals surface area contributed by atoms with E-state index in [0.717, 1.165) is 10.0 Å². The Bertz CT molecular complexity index is 308. The van der Waals surface area contributed by atoms with E-state index in [1.165, 1.54) is 0 Å². The summed E-state index contributed by atoms with van der Waals surface area (Å²) in [5.41, 5.74) is 0.891. The zero-order chi connectivity index (χ0) is 8.97. The van der Waals surface area contributed by atoms with Gasteiger partial charge in [-0.15, -0.1) is 11.6 Å². The minimum Gasteiger partial charge on any atom is -0.264 e. The molecular formula is C8H6BrClN2. The molecule has 0 N–H and O–H groups in total. The summed E-state index contributed by atoms with van der Waals surface area (Å²) in [7, 11) is 0. The second kappa shape index (κ2) is 4.44. The summed E-state index contributed by atoms with van der Waals surface area (Å²) in [6.07, 6.45) is 3.31. The van der Waals surface area contributed by atoms with Crippen LogP contribution in [0.15, 0.2) is 22.9 Å². The summed E-state index contributed by atoms with van der Waals surface area (Å²) < 4.78 is 0.831. The van der Waals surface area contributed by atoms with Gasteiger partial charge < -0.3 is 0 Å². The molecule has 0 saturated carbocycles. The van der Waals surface area contributed by atoms with Gasteiger partial charge in [-0.05, 0) is 27.6 Å². The van der Waals surface area contributed by atoms with Gasteiger partial charge in [0.05, 0.1) is 12.0 Å². The zero-order valence-electron chi connectivity index (χ0n) is 6.17. The van der Waals surface area contributed by atoms with Gasteiger partial charge >= 0.3 is 0 Å². The Hall–Kier alpha value is -0.590. The molecule has 0 saturated heterocycles. The van der Waals surface area contributed by atoms with Gasteiger partial charge in [-0.25, -0.2) is 0 Å². The normalized spacial score (nSPS) is 12.1. The Morgan fingerprint density at radius 2 is 2.50 bits per heavy atom. The molecule has 0 radical (unpaired) electrons. The lowest BCUT2D eigenvalue weighted by Gasteiger charge is -2.05. The van der Waals surface area contributed by atoms with Crippen molar-refractivity contribution in [3.8, 4) is 6.07 Å². The zero-order valence-corrected chi connectivity index (χ0v) is 8.51. The molecular weight excluding hydrogens is 239 g/mol. The molecule has 12 heavy (non-hydrogen) atoms. The largest absolute Gasteiger partial charge is 0.264 e. The first-order valence-corrected chi connectivity index (χ1v) is 4.67. The van der Waals surface area contributed by atoms with Crippen LogP contribution in [0.3, 0.4) is 0 Å². The van der Waals surface area contributed by atoms with Crippen molar-refractivity contribution in [1.82, 2.24) is 4.98 Å². The Balaban J connectivity index is 3.02. The Morgan fingerprint density at radius 3 is 3.00 bits per heavy atom. The minimum atomic E-state index is -0.260. The van der Waals surface area contributed by atoms with Crippen LogP contribution in [0.25, 0.3) is 0 Å². The van der Waals surface area contributed by atoms with Crippen LogP contribution >= 0.6 is 27.5 Å². The second-order valence-corrected chi connectivity index (χ2v) is 3.40. The number of aromatic nitrogens is 1. The van der Waals surface area contributed by atoms with E-state index in [9.17, 15) is 0 Å². The highest BCUT2D eigenvalue weighted by atomic mass is 79.9. The summed E-state index contributed by atoms with van der Waals surface area (Å²) in [4.78, 5) is 3.90. The molecule has 1 heterocycles. The fraction of sp³-hybridized carbons (Fsp3) is 0.250. The van der Waals surface area contributed by atoms with Crippen molar-refractivity contribution in [2.45, 2.75) is 5.92 Å². The maximum Gasteiger partial charge on any atom is 0.0859 e. The van der Waals surface area contributed by atoms with Crippen LogP contribution in [0, 0.1) is 11.3 Å². The molecule has 0 fully saturated rings. The average Bonchev–Trinajstić information content (AvgIpc) is 2.10. The summed E-state index contributed by atoms with van der Waals surface area (Å²) >= 11 is 8.92. The van der Waals surface area contributed by atoms with Gasteiger partial charge in [0.15, 0.2) is 0 Å². The summed E-state index contributed by atoms with van der Waals surface area (Å²) in [5.74, 6) is 0.0445. The van der Waals surface area contributed by atoms with Crippen molar-refractivity contribution >= 4 is 27.5 Å². The van der Waals surface area contributed by atoms with Crippen molar-refractivity contribution in [1.29, 1.82) is 5.26 Å². The molecule has 0 aromatic carbocycles. The summed E-state index contributed by atoms with van der Waals surface area (Å²) in [5, 5.41) is 8.73. The van der Waals surface area contributed by atoms with Crippen LogP contribution in [0.5, 0.6) is 0 Å². The minimum absolute atomic E-state index is 0.260. The van der Waals surface area contributed by atoms with Gasteiger partial charge in [-0.1, -0.05) is 0 Å². The average molecular weight is 246 g/mol. The molecule has 0 spiro atoms. The number of halogens is 2. The third-order valence-electron chi connectivity index (χ3n) is 1.49. The fourth-order valence-electron chi connectivity index (χ4n) is 0.856. The monoisotopic (exact) mass is 244 g/mol. The van der Waals surface area contributed by atoms with E-state index in [-0.39, 0.29) is 5.92 Å². The van der Waals surface area contributed by atoms with E-state index in [0.29, 0.717) is 5.88 Å². The Morgan fingerprint density at radius 1 is 1.75 bits per heavy atom. The number of pyridine rings is 1. The molecule has 1 aromatic heterocycles. The predicted octanol–water partition coefficient (Wildman–Crippen LogP) is 2.69.